The van der Waals surface area contributed by atoms with Crippen LogP contribution in [-0.2, 0) is 6.54 Å². The van der Waals surface area contributed by atoms with Gasteiger partial charge in [0.05, 0.1) is 7.11 Å². The molecule has 1 aliphatic rings. The lowest BCUT2D eigenvalue weighted by Gasteiger charge is -2.34. The Morgan fingerprint density at radius 3 is 2.42 bits per heavy atom. The summed E-state index contributed by atoms with van der Waals surface area (Å²) in [6.07, 6.45) is 7.01. The molecule has 26 heavy (non-hydrogen) atoms. The molecule has 2 N–H and O–H groups in total. The lowest BCUT2D eigenvalue weighted by Crippen LogP contribution is -2.43. The number of carbonyl (C=O) groups excluding carboxylic acids is 1. The fourth-order valence-electron chi connectivity index (χ4n) is 3.86. The summed E-state index contributed by atoms with van der Waals surface area (Å²) < 4.78 is 5.14. The molecule has 146 valence electrons. The molecule has 0 unspecified atom stereocenters. The average Bonchev–Trinajstić information content (AvgIpc) is 2.62. The molecule has 1 saturated carbocycles. The second-order valence-electron chi connectivity index (χ2n) is 8.23. The molecule has 5 heteroatoms. The van der Waals surface area contributed by atoms with Crippen LogP contribution in [0.4, 0.5) is 4.79 Å². The van der Waals surface area contributed by atoms with Crippen LogP contribution in [0.15, 0.2) is 24.3 Å². The summed E-state index contributed by atoms with van der Waals surface area (Å²) in [7, 11) is 1.65. The molecule has 1 aliphatic carbocycles. The Labute approximate surface area is 163 Å². The average molecular weight is 379 g/mol. The van der Waals surface area contributed by atoms with Crippen molar-refractivity contribution in [3.63, 3.8) is 0 Å². The van der Waals surface area contributed by atoms with Crippen molar-refractivity contribution >= 4 is 18.7 Å². The number of ether oxygens (including phenoxy) is 1. The first-order chi connectivity index (χ1) is 12.4. The van der Waals surface area contributed by atoms with Gasteiger partial charge in [-0.2, -0.15) is 12.6 Å². The monoisotopic (exact) mass is 378 g/mol. The van der Waals surface area contributed by atoms with Crippen molar-refractivity contribution in [3.05, 3.63) is 29.8 Å². The summed E-state index contributed by atoms with van der Waals surface area (Å²) >= 11 is 4.38. The first kappa shape index (κ1) is 20.9. The standard InChI is InChI=1S/C21H34N2O2S/c1-21(2,12-13-26)14-16-4-8-18(9-5-16)23-20(24)22-15-17-6-10-19(25-3)11-7-17/h6-7,10-11,16,18,26H,4-5,8-9,12-15H2,1-3H3,(H2,22,23,24)/t16-,18-. The number of thiol groups is 1. The molecular formula is C21H34N2O2S. The van der Waals surface area contributed by atoms with Gasteiger partial charge in [0, 0.05) is 12.6 Å². The van der Waals surface area contributed by atoms with Crippen molar-refractivity contribution in [2.24, 2.45) is 11.3 Å². The van der Waals surface area contributed by atoms with E-state index in [9.17, 15) is 4.79 Å². The molecule has 1 fully saturated rings. The summed E-state index contributed by atoms with van der Waals surface area (Å²) in [6, 6.07) is 7.99. The zero-order valence-electron chi connectivity index (χ0n) is 16.4. The molecule has 0 atom stereocenters. The highest BCUT2D eigenvalue weighted by Crippen LogP contribution is 2.36. The maximum absolute atomic E-state index is 12.1. The van der Waals surface area contributed by atoms with Gasteiger partial charge in [-0.25, -0.2) is 4.79 Å². The van der Waals surface area contributed by atoms with Gasteiger partial charge in [0.2, 0.25) is 0 Å². The number of nitrogens with one attached hydrogen (secondary N) is 2. The number of amides is 2. The van der Waals surface area contributed by atoms with Gasteiger partial charge in [-0.1, -0.05) is 26.0 Å². The van der Waals surface area contributed by atoms with Crippen LogP contribution in [0, 0.1) is 11.3 Å². The van der Waals surface area contributed by atoms with E-state index in [4.69, 9.17) is 4.74 Å². The van der Waals surface area contributed by atoms with Gasteiger partial charge in [-0.3, -0.25) is 0 Å². The highest BCUT2D eigenvalue weighted by molar-refractivity contribution is 7.80. The molecule has 4 nitrogen and oxygen atoms in total. The second kappa shape index (κ2) is 10.1. The van der Waals surface area contributed by atoms with Crippen LogP contribution in [0.2, 0.25) is 0 Å². The molecule has 0 aromatic heterocycles. The fraction of sp³-hybridized carbons (Fsp3) is 0.667. The van der Waals surface area contributed by atoms with E-state index in [1.807, 2.05) is 24.3 Å². The van der Waals surface area contributed by atoms with Crippen LogP contribution < -0.4 is 15.4 Å². The van der Waals surface area contributed by atoms with Crippen molar-refractivity contribution < 1.29 is 9.53 Å². The number of urea groups is 1. The van der Waals surface area contributed by atoms with Crippen molar-refractivity contribution in [2.45, 2.75) is 65.0 Å². The third kappa shape index (κ3) is 7.10. The third-order valence-electron chi connectivity index (χ3n) is 5.42. The number of benzene rings is 1. The summed E-state index contributed by atoms with van der Waals surface area (Å²) in [4.78, 5) is 12.1. The third-order valence-corrected chi connectivity index (χ3v) is 5.65. The molecule has 1 aromatic carbocycles. The molecule has 0 radical (unpaired) electrons. The molecule has 0 aliphatic heterocycles. The van der Waals surface area contributed by atoms with E-state index < -0.39 is 0 Å². The summed E-state index contributed by atoms with van der Waals surface area (Å²) in [5.41, 5.74) is 1.44. The first-order valence-electron chi connectivity index (χ1n) is 9.70. The van der Waals surface area contributed by atoms with Crippen LogP contribution in [0.5, 0.6) is 5.75 Å². The fourth-order valence-corrected chi connectivity index (χ4v) is 4.46. The van der Waals surface area contributed by atoms with E-state index in [1.165, 1.54) is 25.7 Å². The predicted molar refractivity (Wildman–Crippen MR) is 111 cm³/mol. The van der Waals surface area contributed by atoms with Crippen LogP contribution in [0.25, 0.3) is 0 Å². The first-order valence-corrected chi connectivity index (χ1v) is 10.3. The van der Waals surface area contributed by atoms with Gasteiger partial charge in [-0.15, -0.1) is 0 Å². The Bertz CT molecular complexity index is 552. The summed E-state index contributed by atoms with van der Waals surface area (Å²) in [5.74, 6) is 2.57. The Morgan fingerprint density at radius 2 is 1.85 bits per heavy atom. The van der Waals surface area contributed by atoms with Crippen LogP contribution in [0.1, 0.15) is 57.9 Å². The maximum Gasteiger partial charge on any atom is 0.315 e. The topological polar surface area (TPSA) is 50.4 Å². The molecule has 0 spiro atoms. The smallest absolute Gasteiger partial charge is 0.315 e. The normalized spacial score (nSPS) is 20.5. The molecule has 1 aromatic rings. The Kier molecular flexibility index (Phi) is 8.14. The number of hydrogen-bond acceptors (Lipinski definition) is 3. The second-order valence-corrected chi connectivity index (χ2v) is 8.68. The van der Waals surface area contributed by atoms with Gasteiger partial charge in [0.15, 0.2) is 0 Å². The quantitative estimate of drug-likeness (QED) is 0.570. The molecule has 0 heterocycles. The maximum atomic E-state index is 12.1. The van der Waals surface area contributed by atoms with Gasteiger partial charge in [-0.05, 0) is 73.3 Å². The highest BCUT2D eigenvalue weighted by Gasteiger charge is 2.27. The lowest BCUT2D eigenvalue weighted by atomic mass is 9.74. The Hall–Kier alpha value is -1.36. The van der Waals surface area contributed by atoms with E-state index in [2.05, 4.69) is 37.1 Å². The summed E-state index contributed by atoms with van der Waals surface area (Å²) in [5, 5.41) is 6.08. The number of carbonyl (C=O) groups is 1. The number of methoxy groups -OCH3 is 1. The lowest BCUT2D eigenvalue weighted by molar-refractivity contribution is 0.194. The Morgan fingerprint density at radius 1 is 1.19 bits per heavy atom. The van der Waals surface area contributed by atoms with Crippen molar-refractivity contribution in [3.8, 4) is 5.75 Å². The minimum absolute atomic E-state index is 0.0697. The van der Waals surface area contributed by atoms with E-state index in [1.54, 1.807) is 7.11 Å². The zero-order valence-corrected chi connectivity index (χ0v) is 17.3. The van der Waals surface area contributed by atoms with Gasteiger partial charge in [0.1, 0.15) is 5.75 Å². The van der Waals surface area contributed by atoms with Crippen LogP contribution in [-0.4, -0.2) is 24.9 Å². The minimum atomic E-state index is -0.0697. The largest absolute Gasteiger partial charge is 0.497 e. The molecular weight excluding hydrogens is 344 g/mol. The van der Waals surface area contributed by atoms with E-state index in [0.717, 1.165) is 35.8 Å². The number of hydrogen-bond donors (Lipinski definition) is 3. The molecule has 0 bridgehead atoms. The van der Waals surface area contributed by atoms with E-state index >= 15 is 0 Å². The predicted octanol–water partition coefficient (Wildman–Crippen LogP) is 4.79. The zero-order chi connectivity index (χ0) is 19.0. The summed E-state index contributed by atoms with van der Waals surface area (Å²) in [6.45, 7) is 5.23. The van der Waals surface area contributed by atoms with Crippen molar-refractivity contribution in [2.75, 3.05) is 12.9 Å². The SMILES string of the molecule is COc1ccc(CNC(=O)N[C@H]2CC[C@H](CC(C)(C)CCS)CC2)cc1. The van der Waals surface area contributed by atoms with E-state index in [0.29, 0.717) is 18.0 Å². The molecule has 2 amide bonds. The molecule has 2 rings (SSSR count). The van der Waals surface area contributed by atoms with Crippen molar-refractivity contribution in [1.82, 2.24) is 10.6 Å². The van der Waals surface area contributed by atoms with E-state index in [-0.39, 0.29) is 6.03 Å². The molecule has 0 saturated heterocycles. The minimum Gasteiger partial charge on any atom is -0.497 e. The van der Waals surface area contributed by atoms with Crippen LogP contribution >= 0.6 is 12.6 Å². The Balaban J connectivity index is 1.67. The van der Waals surface area contributed by atoms with Gasteiger partial charge >= 0.3 is 6.03 Å². The number of rotatable bonds is 8. The van der Waals surface area contributed by atoms with Crippen molar-refractivity contribution in [1.29, 1.82) is 0 Å². The van der Waals surface area contributed by atoms with Crippen LogP contribution in [0.3, 0.4) is 0 Å². The van der Waals surface area contributed by atoms with Gasteiger partial charge < -0.3 is 15.4 Å². The highest BCUT2D eigenvalue weighted by atomic mass is 32.1. The van der Waals surface area contributed by atoms with Gasteiger partial charge in [0.25, 0.3) is 0 Å².